The third-order valence-electron chi connectivity index (χ3n) is 3.58. The van der Waals surface area contributed by atoms with Gasteiger partial charge in [-0.05, 0) is 52.4 Å². The van der Waals surface area contributed by atoms with E-state index in [1.807, 2.05) is 12.1 Å². The van der Waals surface area contributed by atoms with Crippen LogP contribution in [-0.2, 0) is 17.5 Å². The van der Waals surface area contributed by atoms with Crippen molar-refractivity contribution in [1.82, 2.24) is 0 Å². The lowest BCUT2D eigenvalue weighted by molar-refractivity contribution is -0.136. The monoisotopic (exact) mass is 489 g/mol. The smallest absolute Gasteiger partial charge is 0.417 e. The summed E-state index contributed by atoms with van der Waals surface area (Å²) in [6.45, 7) is 0.0314. The Morgan fingerprint density at radius 2 is 1.81 bits per heavy atom. The highest BCUT2D eigenvalue weighted by Crippen LogP contribution is 2.34. The number of hydrogen-bond acceptors (Lipinski definition) is 4. The van der Waals surface area contributed by atoms with Crippen molar-refractivity contribution < 1.29 is 27.1 Å². The average molecular weight is 489 g/mol. The van der Waals surface area contributed by atoms with Gasteiger partial charge in [0.05, 0.1) is 5.56 Å². The molecule has 0 saturated carbocycles. The highest BCUT2D eigenvalue weighted by Gasteiger charge is 2.33. The van der Waals surface area contributed by atoms with Crippen LogP contribution < -0.4 is 10.9 Å². The van der Waals surface area contributed by atoms with E-state index in [1.165, 1.54) is 6.07 Å². The Bertz CT molecular complexity index is 1050. The summed E-state index contributed by atoms with van der Waals surface area (Å²) in [5.74, 6) is 0. The van der Waals surface area contributed by atoms with Gasteiger partial charge in [-0.25, -0.2) is 9.59 Å². The van der Waals surface area contributed by atoms with Crippen molar-refractivity contribution >= 4 is 45.3 Å². The van der Waals surface area contributed by atoms with E-state index >= 15 is 0 Å². The number of alkyl halides is 3. The highest BCUT2D eigenvalue weighted by molar-refractivity contribution is 14.1. The fourth-order valence-electron chi connectivity index (χ4n) is 2.36. The second kappa shape index (κ2) is 7.59. The van der Waals surface area contributed by atoms with E-state index < -0.39 is 23.5 Å². The van der Waals surface area contributed by atoms with Gasteiger partial charge in [-0.3, -0.25) is 5.32 Å². The number of carbonyl (C=O) groups excluding carboxylic acids is 1. The largest absolute Gasteiger partial charge is 0.444 e. The Morgan fingerprint density at radius 3 is 2.48 bits per heavy atom. The van der Waals surface area contributed by atoms with Gasteiger partial charge in [0.1, 0.15) is 12.2 Å². The predicted octanol–water partition coefficient (Wildman–Crippen LogP) is 5.17. The molecule has 0 radical (unpaired) electrons. The van der Waals surface area contributed by atoms with Crippen molar-refractivity contribution in [3.8, 4) is 0 Å². The minimum Gasteiger partial charge on any atom is -0.444 e. The fraction of sp³-hybridized carbons (Fsp3) is 0.111. The van der Waals surface area contributed by atoms with Crippen LogP contribution in [-0.4, -0.2) is 6.09 Å². The number of halogens is 4. The van der Waals surface area contributed by atoms with Crippen LogP contribution in [0.5, 0.6) is 0 Å². The van der Waals surface area contributed by atoms with Crippen LogP contribution in [0.2, 0.25) is 0 Å². The van der Waals surface area contributed by atoms with E-state index in [1.54, 1.807) is 12.1 Å². The van der Waals surface area contributed by atoms with Gasteiger partial charge in [-0.1, -0.05) is 12.1 Å². The molecule has 2 aromatic carbocycles. The third-order valence-corrected chi connectivity index (χ3v) is 4.30. The third kappa shape index (κ3) is 4.79. The molecule has 1 heterocycles. The summed E-state index contributed by atoms with van der Waals surface area (Å²) >= 11 is 2.15. The number of rotatable bonds is 3. The van der Waals surface area contributed by atoms with Crippen LogP contribution in [0.4, 0.5) is 23.7 Å². The summed E-state index contributed by atoms with van der Waals surface area (Å²) in [7, 11) is 0. The SMILES string of the molecule is O=C(Nc1ccc2c(C(F)(F)F)cc(=O)oc2c1)OCc1ccc(I)cc1. The molecule has 1 N–H and O–H groups in total. The second-order valence-electron chi connectivity index (χ2n) is 5.52. The molecule has 3 aromatic rings. The van der Waals surface area contributed by atoms with E-state index in [0.717, 1.165) is 21.3 Å². The molecule has 0 aliphatic rings. The van der Waals surface area contributed by atoms with Crippen LogP contribution in [0.1, 0.15) is 11.1 Å². The van der Waals surface area contributed by atoms with E-state index in [2.05, 4.69) is 27.9 Å². The number of fused-ring (bicyclic) bond motifs is 1. The topological polar surface area (TPSA) is 68.5 Å². The van der Waals surface area contributed by atoms with Gasteiger partial charge < -0.3 is 9.15 Å². The zero-order chi connectivity index (χ0) is 19.6. The number of anilines is 1. The molecule has 0 unspecified atom stereocenters. The molecule has 5 nitrogen and oxygen atoms in total. The van der Waals surface area contributed by atoms with Gasteiger partial charge in [0.15, 0.2) is 0 Å². The van der Waals surface area contributed by atoms with Crippen LogP contribution in [0.3, 0.4) is 0 Å². The van der Waals surface area contributed by atoms with Crippen molar-refractivity contribution in [2.75, 3.05) is 5.32 Å². The molecule has 27 heavy (non-hydrogen) atoms. The van der Waals surface area contributed by atoms with Crippen molar-refractivity contribution in [2.24, 2.45) is 0 Å². The quantitative estimate of drug-likeness (QED) is 0.408. The molecule has 0 atom stereocenters. The molecule has 0 bridgehead atoms. The minimum absolute atomic E-state index is 0.0314. The first-order valence-electron chi connectivity index (χ1n) is 7.56. The first-order valence-corrected chi connectivity index (χ1v) is 8.63. The van der Waals surface area contributed by atoms with Gasteiger partial charge in [-0.15, -0.1) is 0 Å². The van der Waals surface area contributed by atoms with Crippen molar-refractivity contribution in [1.29, 1.82) is 0 Å². The number of benzene rings is 2. The Balaban J connectivity index is 1.76. The van der Waals surface area contributed by atoms with Gasteiger partial charge in [0.25, 0.3) is 0 Å². The summed E-state index contributed by atoms with van der Waals surface area (Å²) < 4.78 is 50.0. The molecule has 1 amide bonds. The van der Waals surface area contributed by atoms with Gasteiger partial charge in [-0.2, -0.15) is 13.2 Å². The molecular formula is C18H11F3INO4. The van der Waals surface area contributed by atoms with E-state index in [4.69, 9.17) is 9.15 Å². The van der Waals surface area contributed by atoms with Crippen molar-refractivity contribution in [3.63, 3.8) is 0 Å². The van der Waals surface area contributed by atoms with Gasteiger partial charge in [0.2, 0.25) is 0 Å². The number of amides is 1. The average Bonchev–Trinajstić information content (AvgIpc) is 2.59. The molecule has 140 valence electrons. The van der Waals surface area contributed by atoms with Crippen molar-refractivity contribution in [3.05, 3.63) is 73.6 Å². The molecule has 9 heteroatoms. The summed E-state index contributed by atoms with van der Waals surface area (Å²) in [6, 6.07) is 11.3. The number of hydrogen-bond donors (Lipinski definition) is 1. The number of nitrogens with one attached hydrogen (secondary N) is 1. The highest BCUT2D eigenvalue weighted by atomic mass is 127. The standard InChI is InChI=1S/C18H11F3INO4/c19-18(20,21)14-8-16(24)27-15-7-12(5-6-13(14)15)23-17(25)26-9-10-1-3-11(22)4-2-10/h1-8H,9H2,(H,23,25). The van der Waals surface area contributed by atoms with E-state index in [0.29, 0.717) is 6.07 Å². The maximum atomic E-state index is 13.0. The lowest BCUT2D eigenvalue weighted by atomic mass is 10.1. The van der Waals surface area contributed by atoms with Crippen molar-refractivity contribution in [2.45, 2.75) is 12.8 Å². The summed E-state index contributed by atoms with van der Waals surface area (Å²) in [4.78, 5) is 23.3. The summed E-state index contributed by atoms with van der Waals surface area (Å²) in [6.07, 6.45) is -5.49. The summed E-state index contributed by atoms with van der Waals surface area (Å²) in [5.41, 5.74) is -1.59. The molecule has 0 fully saturated rings. The normalized spacial score (nSPS) is 11.4. The summed E-state index contributed by atoms with van der Waals surface area (Å²) in [5, 5.41) is 2.11. The van der Waals surface area contributed by atoms with Crippen LogP contribution in [0.15, 0.2) is 57.7 Å². The fourth-order valence-corrected chi connectivity index (χ4v) is 2.72. The van der Waals surface area contributed by atoms with E-state index in [-0.39, 0.29) is 23.3 Å². The lowest BCUT2D eigenvalue weighted by Crippen LogP contribution is -2.14. The van der Waals surface area contributed by atoms with Crippen LogP contribution in [0.25, 0.3) is 11.0 Å². The lowest BCUT2D eigenvalue weighted by Gasteiger charge is -2.11. The van der Waals surface area contributed by atoms with Gasteiger partial charge in [0, 0.05) is 26.8 Å². The Hall–Kier alpha value is -2.56. The number of ether oxygens (including phenoxy) is 1. The maximum Gasteiger partial charge on any atom is 0.417 e. The zero-order valence-corrected chi connectivity index (χ0v) is 15.6. The predicted molar refractivity (Wildman–Crippen MR) is 100 cm³/mol. The van der Waals surface area contributed by atoms with Gasteiger partial charge >= 0.3 is 17.9 Å². The van der Waals surface area contributed by atoms with Crippen LogP contribution in [0, 0.1) is 3.57 Å². The molecule has 3 rings (SSSR count). The first-order chi connectivity index (χ1) is 12.7. The Kier molecular flexibility index (Phi) is 5.40. The molecule has 0 aliphatic carbocycles. The molecule has 1 aromatic heterocycles. The minimum atomic E-state index is -4.70. The Morgan fingerprint density at radius 1 is 1.11 bits per heavy atom. The van der Waals surface area contributed by atoms with E-state index in [9.17, 15) is 22.8 Å². The Labute approximate surface area is 164 Å². The first kappa shape index (κ1) is 19.2. The maximum absolute atomic E-state index is 13.0. The number of carbonyl (C=O) groups is 1. The van der Waals surface area contributed by atoms with Crippen LogP contribution >= 0.6 is 22.6 Å². The molecule has 0 aliphatic heterocycles. The second-order valence-corrected chi connectivity index (χ2v) is 6.76. The molecular weight excluding hydrogens is 478 g/mol. The molecule has 0 spiro atoms. The zero-order valence-electron chi connectivity index (χ0n) is 13.5. The molecule has 0 saturated heterocycles.